The average Bonchev–Trinajstić information content (AvgIpc) is 3.25. The van der Waals surface area contributed by atoms with Crippen LogP contribution in [0.1, 0.15) is 26.2 Å². The standard InChI is InChI=1S/C23H36N6O2/c1-2-31-22(30)29-17-23(18-29)6-5-19(16-23)26-12-14-28(15-13-26)21-20(4-3-7-25-21)27-10-8-24-9-11-27/h3-4,7,19,24H,2,5-6,8-18H2,1H3. The average molecular weight is 429 g/mol. The molecule has 1 spiro atoms. The molecule has 1 saturated carbocycles. The Kier molecular flexibility index (Phi) is 5.93. The van der Waals surface area contributed by atoms with E-state index in [1.54, 1.807) is 0 Å². The van der Waals surface area contributed by atoms with Gasteiger partial charge in [0, 0.05) is 83.1 Å². The summed E-state index contributed by atoms with van der Waals surface area (Å²) in [5.74, 6) is 1.15. The quantitative estimate of drug-likeness (QED) is 0.782. The molecule has 8 nitrogen and oxygen atoms in total. The third kappa shape index (κ3) is 4.20. The summed E-state index contributed by atoms with van der Waals surface area (Å²) in [6.45, 7) is 12.5. The Hall–Kier alpha value is -2.06. The molecule has 1 atom stereocenters. The first-order chi connectivity index (χ1) is 15.2. The number of carbonyl (C=O) groups excluding carboxylic acids is 1. The van der Waals surface area contributed by atoms with Gasteiger partial charge in [0.15, 0.2) is 5.82 Å². The highest BCUT2D eigenvalue weighted by molar-refractivity contribution is 5.69. The summed E-state index contributed by atoms with van der Waals surface area (Å²) in [7, 11) is 0. The summed E-state index contributed by atoms with van der Waals surface area (Å²) in [6, 6.07) is 4.95. The van der Waals surface area contributed by atoms with Crippen LogP contribution in [0, 0.1) is 5.41 Å². The third-order valence-corrected chi connectivity index (χ3v) is 7.61. The Balaban J connectivity index is 1.15. The first-order valence-electron chi connectivity index (χ1n) is 12.0. The van der Waals surface area contributed by atoms with Crippen LogP contribution in [-0.2, 0) is 4.74 Å². The molecule has 3 aliphatic heterocycles. The molecular weight excluding hydrogens is 392 g/mol. The number of piperazine rings is 2. The molecule has 1 unspecified atom stereocenters. The van der Waals surface area contributed by atoms with E-state index in [0.29, 0.717) is 18.1 Å². The molecule has 31 heavy (non-hydrogen) atoms. The number of nitrogens with zero attached hydrogens (tertiary/aromatic N) is 5. The second-order valence-corrected chi connectivity index (χ2v) is 9.56. The lowest BCUT2D eigenvalue weighted by Crippen LogP contribution is -2.58. The Morgan fingerprint density at radius 3 is 2.68 bits per heavy atom. The molecule has 1 aromatic heterocycles. The van der Waals surface area contributed by atoms with Crippen molar-refractivity contribution in [2.75, 3.05) is 81.9 Å². The number of anilines is 2. The highest BCUT2D eigenvalue weighted by Gasteiger charge is 2.51. The molecule has 5 rings (SSSR count). The molecule has 1 aliphatic carbocycles. The smallest absolute Gasteiger partial charge is 0.409 e. The zero-order chi connectivity index (χ0) is 21.3. The summed E-state index contributed by atoms with van der Waals surface area (Å²) in [4.78, 5) is 26.2. The lowest BCUT2D eigenvalue weighted by atomic mass is 9.78. The molecule has 0 aromatic carbocycles. The van der Waals surface area contributed by atoms with Crippen LogP contribution in [0.2, 0.25) is 0 Å². The minimum atomic E-state index is -0.138. The maximum atomic E-state index is 11.9. The van der Waals surface area contributed by atoms with Gasteiger partial charge in [0.25, 0.3) is 0 Å². The predicted octanol–water partition coefficient (Wildman–Crippen LogP) is 1.62. The molecule has 4 fully saturated rings. The van der Waals surface area contributed by atoms with Gasteiger partial charge in [-0.3, -0.25) is 4.90 Å². The van der Waals surface area contributed by atoms with Crippen LogP contribution >= 0.6 is 0 Å². The van der Waals surface area contributed by atoms with Crippen LogP contribution < -0.4 is 15.1 Å². The SMILES string of the molecule is CCOC(=O)N1CC2(CCC(N3CCN(c4ncccc4N4CCNCC4)CC3)C2)C1. The molecule has 8 heteroatoms. The Morgan fingerprint density at radius 1 is 1.16 bits per heavy atom. The van der Waals surface area contributed by atoms with Gasteiger partial charge < -0.3 is 24.8 Å². The van der Waals surface area contributed by atoms with Gasteiger partial charge in [0.05, 0.1) is 12.3 Å². The summed E-state index contributed by atoms with van der Waals surface area (Å²) in [5.41, 5.74) is 1.62. The van der Waals surface area contributed by atoms with Crippen LogP contribution in [0.3, 0.4) is 0 Å². The van der Waals surface area contributed by atoms with E-state index < -0.39 is 0 Å². The van der Waals surface area contributed by atoms with Crippen molar-refractivity contribution in [3.8, 4) is 0 Å². The molecule has 1 amide bonds. The van der Waals surface area contributed by atoms with Gasteiger partial charge in [-0.25, -0.2) is 9.78 Å². The van der Waals surface area contributed by atoms with E-state index in [0.717, 1.165) is 71.3 Å². The van der Waals surface area contributed by atoms with Gasteiger partial charge in [-0.1, -0.05) is 0 Å². The van der Waals surface area contributed by atoms with Crippen molar-refractivity contribution in [1.29, 1.82) is 0 Å². The van der Waals surface area contributed by atoms with E-state index in [2.05, 4.69) is 32.1 Å². The molecule has 170 valence electrons. The first-order valence-corrected chi connectivity index (χ1v) is 12.0. The number of pyridine rings is 1. The number of rotatable bonds is 4. The molecule has 0 radical (unpaired) electrons. The van der Waals surface area contributed by atoms with Crippen molar-refractivity contribution in [1.82, 2.24) is 20.1 Å². The molecule has 0 bridgehead atoms. The predicted molar refractivity (Wildman–Crippen MR) is 122 cm³/mol. The van der Waals surface area contributed by atoms with Crippen molar-refractivity contribution in [3.63, 3.8) is 0 Å². The zero-order valence-electron chi connectivity index (χ0n) is 18.8. The Bertz CT molecular complexity index is 769. The van der Waals surface area contributed by atoms with E-state index in [1.807, 2.05) is 18.0 Å². The second-order valence-electron chi connectivity index (χ2n) is 9.56. The van der Waals surface area contributed by atoms with E-state index in [4.69, 9.17) is 9.72 Å². The van der Waals surface area contributed by atoms with Crippen molar-refractivity contribution in [2.45, 2.75) is 32.2 Å². The first kappa shape index (κ1) is 20.8. The fourth-order valence-corrected chi connectivity index (χ4v) is 5.97. The lowest BCUT2D eigenvalue weighted by Gasteiger charge is -2.48. The number of hydrogen-bond acceptors (Lipinski definition) is 7. The minimum absolute atomic E-state index is 0.138. The highest BCUT2D eigenvalue weighted by atomic mass is 16.6. The molecular formula is C23H36N6O2. The second kappa shape index (κ2) is 8.82. The van der Waals surface area contributed by atoms with E-state index in [-0.39, 0.29) is 6.09 Å². The van der Waals surface area contributed by atoms with Gasteiger partial charge in [-0.2, -0.15) is 0 Å². The summed E-state index contributed by atoms with van der Waals surface area (Å²) >= 11 is 0. The van der Waals surface area contributed by atoms with Gasteiger partial charge in [0.1, 0.15) is 0 Å². The van der Waals surface area contributed by atoms with Crippen molar-refractivity contribution < 1.29 is 9.53 Å². The molecule has 1 aromatic rings. The fraction of sp³-hybridized carbons (Fsp3) is 0.739. The van der Waals surface area contributed by atoms with Gasteiger partial charge in [-0.05, 0) is 38.3 Å². The van der Waals surface area contributed by atoms with Crippen LogP contribution in [-0.4, -0.2) is 99.0 Å². The Morgan fingerprint density at radius 2 is 1.94 bits per heavy atom. The normalized spacial score (nSPS) is 26.2. The summed E-state index contributed by atoms with van der Waals surface area (Å²) < 4.78 is 5.16. The lowest BCUT2D eigenvalue weighted by molar-refractivity contribution is -0.00294. The topological polar surface area (TPSA) is 64.2 Å². The number of aromatic nitrogens is 1. The highest BCUT2D eigenvalue weighted by Crippen LogP contribution is 2.47. The molecule has 1 N–H and O–H groups in total. The number of amides is 1. The summed E-state index contributed by atoms with van der Waals surface area (Å²) in [6.07, 6.45) is 5.51. The van der Waals surface area contributed by atoms with Crippen LogP contribution in [0.4, 0.5) is 16.3 Å². The number of carbonyl (C=O) groups is 1. The minimum Gasteiger partial charge on any atom is -0.450 e. The molecule has 4 aliphatic rings. The number of ether oxygens (including phenoxy) is 1. The number of hydrogen-bond donors (Lipinski definition) is 1. The maximum Gasteiger partial charge on any atom is 0.409 e. The molecule has 3 saturated heterocycles. The fourth-order valence-electron chi connectivity index (χ4n) is 5.97. The largest absolute Gasteiger partial charge is 0.450 e. The van der Waals surface area contributed by atoms with E-state index in [9.17, 15) is 4.79 Å². The van der Waals surface area contributed by atoms with Gasteiger partial charge >= 0.3 is 6.09 Å². The van der Waals surface area contributed by atoms with Crippen molar-refractivity contribution >= 4 is 17.6 Å². The number of nitrogens with one attached hydrogen (secondary N) is 1. The monoisotopic (exact) mass is 428 g/mol. The van der Waals surface area contributed by atoms with Crippen LogP contribution in [0.15, 0.2) is 18.3 Å². The Labute approximate surface area is 185 Å². The van der Waals surface area contributed by atoms with Crippen molar-refractivity contribution in [2.24, 2.45) is 5.41 Å². The van der Waals surface area contributed by atoms with Crippen molar-refractivity contribution in [3.05, 3.63) is 18.3 Å². The van der Waals surface area contributed by atoms with Crippen LogP contribution in [0.5, 0.6) is 0 Å². The molecule has 4 heterocycles. The number of likely N-dealkylation sites (tertiary alicyclic amines) is 1. The zero-order valence-corrected chi connectivity index (χ0v) is 18.8. The summed E-state index contributed by atoms with van der Waals surface area (Å²) in [5, 5.41) is 3.44. The van der Waals surface area contributed by atoms with Gasteiger partial charge in [0.2, 0.25) is 0 Å². The third-order valence-electron chi connectivity index (χ3n) is 7.61. The van der Waals surface area contributed by atoms with Crippen LogP contribution in [0.25, 0.3) is 0 Å². The maximum absolute atomic E-state index is 11.9. The van der Waals surface area contributed by atoms with Gasteiger partial charge in [-0.15, -0.1) is 0 Å². The van der Waals surface area contributed by atoms with E-state index >= 15 is 0 Å². The van der Waals surface area contributed by atoms with E-state index in [1.165, 1.54) is 24.9 Å².